The van der Waals surface area contributed by atoms with E-state index >= 15 is 0 Å². The first-order valence-corrected chi connectivity index (χ1v) is 8.80. The largest absolute Gasteiger partial charge is 0.321 e. The summed E-state index contributed by atoms with van der Waals surface area (Å²) in [7, 11) is 1.92. The minimum atomic E-state index is -0.0235. The molecule has 0 aliphatic heterocycles. The maximum atomic E-state index is 12.7. The third-order valence-electron chi connectivity index (χ3n) is 4.56. The van der Waals surface area contributed by atoms with Gasteiger partial charge in [0.05, 0.1) is 10.6 Å². The fourth-order valence-corrected chi connectivity index (χ4v) is 4.42. The average Bonchev–Trinajstić information content (AvgIpc) is 3.10. The Bertz CT molecular complexity index is 872. The van der Waals surface area contributed by atoms with E-state index in [0.717, 1.165) is 39.3 Å². The quantitative estimate of drug-likeness (QED) is 0.772. The van der Waals surface area contributed by atoms with Gasteiger partial charge in [-0.15, -0.1) is 11.3 Å². The van der Waals surface area contributed by atoms with E-state index in [0.29, 0.717) is 0 Å². The summed E-state index contributed by atoms with van der Waals surface area (Å²) in [5.41, 5.74) is 4.63. The van der Waals surface area contributed by atoms with Crippen molar-refractivity contribution in [3.8, 4) is 0 Å². The van der Waals surface area contributed by atoms with E-state index < -0.39 is 0 Å². The van der Waals surface area contributed by atoms with E-state index in [1.165, 1.54) is 35.3 Å². The second-order valence-corrected chi connectivity index (χ2v) is 7.17. The molecule has 0 unspecified atom stereocenters. The SMILES string of the molecule is Cc1nn(C)c2sc(C(=O)Nc3cccc4c3CCCC4)cc12. The molecule has 1 aliphatic rings. The number of hydrogen-bond donors (Lipinski definition) is 1. The zero-order valence-corrected chi connectivity index (χ0v) is 14.2. The van der Waals surface area contributed by atoms with E-state index in [1.807, 2.05) is 36.9 Å². The van der Waals surface area contributed by atoms with Crippen LogP contribution in [0.3, 0.4) is 0 Å². The molecule has 2 aromatic heterocycles. The topological polar surface area (TPSA) is 46.9 Å². The molecule has 3 aromatic rings. The van der Waals surface area contributed by atoms with E-state index in [-0.39, 0.29) is 5.91 Å². The summed E-state index contributed by atoms with van der Waals surface area (Å²) < 4.78 is 1.84. The van der Waals surface area contributed by atoms with Crippen molar-refractivity contribution in [2.24, 2.45) is 7.05 Å². The van der Waals surface area contributed by atoms with Crippen molar-refractivity contribution >= 4 is 33.1 Å². The molecule has 1 aliphatic carbocycles. The van der Waals surface area contributed by atoms with Crippen molar-refractivity contribution in [1.29, 1.82) is 0 Å². The number of anilines is 1. The predicted octanol–water partition coefficient (Wildman–Crippen LogP) is 4.07. The molecule has 0 saturated carbocycles. The number of fused-ring (bicyclic) bond motifs is 2. The van der Waals surface area contributed by atoms with Crippen LogP contribution in [-0.4, -0.2) is 15.7 Å². The highest BCUT2D eigenvalue weighted by atomic mass is 32.1. The molecular formula is C18H19N3OS. The first-order valence-electron chi connectivity index (χ1n) is 7.99. The lowest BCUT2D eigenvalue weighted by molar-refractivity contribution is 0.103. The van der Waals surface area contributed by atoms with E-state index in [1.54, 1.807) is 0 Å². The van der Waals surface area contributed by atoms with Gasteiger partial charge < -0.3 is 5.32 Å². The van der Waals surface area contributed by atoms with Crippen LogP contribution >= 0.6 is 11.3 Å². The van der Waals surface area contributed by atoms with Crippen LogP contribution < -0.4 is 5.32 Å². The summed E-state index contributed by atoms with van der Waals surface area (Å²) >= 11 is 1.50. The molecule has 0 bridgehead atoms. The van der Waals surface area contributed by atoms with E-state index in [4.69, 9.17) is 0 Å². The van der Waals surface area contributed by atoms with Gasteiger partial charge in [0.15, 0.2) is 0 Å². The van der Waals surface area contributed by atoms with Gasteiger partial charge in [-0.3, -0.25) is 9.48 Å². The number of amides is 1. The molecule has 0 saturated heterocycles. The minimum absolute atomic E-state index is 0.0235. The first kappa shape index (κ1) is 14.5. The maximum Gasteiger partial charge on any atom is 0.265 e. The Morgan fingerprint density at radius 3 is 2.96 bits per heavy atom. The molecule has 23 heavy (non-hydrogen) atoms. The van der Waals surface area contributed by atoms with Crippen LogP contribution in [-0.2, 0) is 19.9 Å². The Morgan fingerprint density at radius 1 is 1.30 bits per heavy atom. The maximum absolute atomic E-state index is 12.7. The molecule has 0 fully saturated rings. The fraction of sp³-hybridized carbons (Fsp3) is 0.333. The van der Waals surface area contributed by atoms with Crippen LogP contribution in [0.1, 0.15) is 39.3 Å². The van der Waals surface area contributed by atoms with Crippen LogP contribution in [0.15, 0.2) is 24.3 Å². The highest BCUT2D eigenvalue weighted by molar-refractivity contribution is 7.20. The molecule has 0 atom stereocenters. The lowest BCUT2D eigenvalue weighted by atomic mass is 9.90. The number of hydrogen-bond acceptors (Lipinski definition) is 3. The van der Waals surface area contributed by atoms with Gasteiger partial charge in [-0.2, -0.15) is 5.10 Å². The zero-order valence-electron chi connectivity index (χ0n) is 13.3. The van der Waals surface area contributed by atoms with Crippen molar-refractivity contribution in [3.63, 3.8) is 0 Å². The Morgan fingerprint density at radius 2 is 2.13 bits per heavy atom. The molecule has 5 heteroatoms. The lowest BCUT2D eigenvalue weighted by Crippen LogP contribution is -2.14. The Labute approximate surface area is 139 Å². The van der Waals surface area contributed by atoms with Gasteiger partial charge in [-0.1, -0.05) is 12.1 Å². The number of thiophene rings is 1. The number of aromatic nitrogens is 2. The van der Waals surface area contributed by atoms with Crippen LogP contribution in [0.4, 0.5) is 5.69 Å². The third kappa shape index (κ3) is 2.45. The van der Waals surface area contributed by atoms with Crippen molar-refractivity contribution in [1.82, 2.24) is 9.78 Å². The smallest absolute Gasteiger partial charge is 0.265 e. The Hall–Kier alpha value is -2.14. The number of nitrogens with zero attached hydrogens (tertiary/aromatic N) is 2. The van der Waals surface area contributed by atoms with Crippen LogP contribution in [0.25, 0.3) is 10.2 Å². The van der Waals surface area contributed by atoms with Gasteiger partial charge in [0.2, 0.25) is 0 Å². The standard InChI is InChI=1S/C18H19N3OS/c1-11-14-10-16(23-18(14)21(2)20-11)17(22)19-15-9-5-7-12-6-3-4-8-13(12)15/h5,7,9-10H,3-4,6,8H2,1-2H3,(H,19,22). The van der Waals surface area contributed by atoms with E-state index in [2.05, 4.69) is 16.5 Å². The van der Waals surface area contributed by atoms with E-state index in [9.17, 15) is 4.79 Å². The molecule has 118 valence electrons. The molecule has 0 spiro atoms. The number of aryl methyl sites for hydroxylation is 3. The average molecular weight is 325 g/mol. The molecule has 4 rings (SSSR count). The molecule has 1 aromatic carbocycles. The summed E-state index contributed by atoms with van der Waals surface area (Å²) in [4.78, 5) is 14.4. The molecule has 1 amide bonds. The lowest BCUT2D eigenvalue weighted by Gasteiger charge is -2.19. The van der Waals surface area contributed by atoms with Gasteiger partial charge in [-0.25, -0.2) is 0 Å². The molecule has 4 nitrogen and oxygen atoms in total. The van der Waals surface area contributed by atoms with Crippen LogP contribution in [0.5, 0.6) is 0 Å². The minimum Gasteiger partial charge on any atom is -0.321 e. The fourth-order valence-electron chi connectivity index (χ4n) is 3.40. The van der Waals surface area contributed by atoms with Gasteiger partial charge in [-0.05, 0) is 55.9 Å². The number of carbonyl (C=O) groups excluding carboxylic acids is 1. The predicted molar refractivity (Wildman–Crippen MR) is 94.4 cm³/mol. The van der Waals surface area contributed by atoms with Gasteiger partial charge in [0.25, 0.3) is 5.91 Å². The summed E-state index contributed by atoms with van der Waals surface area (Å²) in [5, 5.41) is 8.57. The first-order chi connectivity index (χ1) is 11.1. The van der Waals surface area contributed by atoms with Gasteiger partial charge in [0.1, 0.15) is 4.83 Å². The normalized spacial score (nSPS) is 14.0. The monoisotopic (exact) mass is 325 g/mol. The summed E-state index contributed by atoms with van der Waals surface area (Å²) in [5.74, 6) is -0.0235. The van der Waals surface area contributed by atoms with Crippen LogP contribution in [0, 0.1) is 6.92 Å². The van der Waals surface area contributed by atoms with Gasteiger partial charge >= 0.3 is 0 Å². The van der Waals surface area contributed by atoms with Crippen molar-refractivity contribution in [3.05, 3.63) is 46.0 Å². The molecule has 1 N–H and O–H groups in total. The number of carbonyl (C=O) groups is 1. The Kier molecular flexibility index (Phi) is 3.45. The molecule has 2 heterocycles. The number of benzene rings is 1. The van der Waals surface area contributed by atoms with Crippen molar-refractivity contribution in [2.75, 3.05) is 5.32 Å². The molecule has 0 radical (unpaired) electrons. The summed E-state index contributed by atoms with van der Waals surface area (Å²) in [6, 6.07) is 8.19. The van der Waals surface area contributed by atoms with Crippen LogP contribution in [0.2, 0.25) is 0 Å². The second kappa shape index (κ2) is 5.49. The Balaban J connectivity index is 1.66. The number of nitrogens with one attached hydrogen (secondary N) is 1. The molecular weight excluding hydrogens is 306 g/mol. The summed E-state index contributed by atoms with van der Waals surface area (Å²) in [6.45, 7) is 1.98. The summed E-state index contributed by atoms with van der Waals surface area (Å²) in [6.07, 6.45) is 4.62. The highest BCUT2D eigenvalue weighted by Gasteiger charge is 2.18. The van der Waals surface area contributed by atoms with Gasteiger partial charge in [0, 0.05) is 18.1 Å². The van der Waals surface area contributed by atoms with Crippen molar-refractivity contribution < 1.29 is 4.79 Å². The van der Waals surface area contributed by atoms with Crippen molar-refractivity contribution in [2.45, 2.75) is 32.6 Å². The third-order valence-corrected chi connectivity index (χ3v) is 5.76. The zero-order chi connectivity index (χ0) is 16.0. The second-order valence-electron chi connectivity index (χ2n) is 6.14. The number of rotatable bonds is 2. The highest BCUT2D eigenvalue weighted by Crippen LogP contribution is 2.31.